The summed E-state index contributed by atoms with van der Waals surface area (Å²) >= 11 is 0. The third kappa shape index (κ3) is 12.3. The normalized spacial score (nSPS) is 11.9. The van der Waals surface area contributed by atoms with Crippen LogP contribution in [0.3, 0.4) is 0 Å². The van der Waals surface area contributed by atoms with Gasteiger partial charge in [-0.15, -0.1) is 3.63 Å². The second-order valence-electron chi connectivity index (χ2n) is 6.78. The van der Waals surface area contributed by atoms with E-state index in [-0.39, 0.29) is 40.2 Å². The first-order valence-electron chi connectivity index (χ1n) is 9.52. The van der Waals surface area contributed by atoms with Crippen LogP contribution in [0.15, 0.2) is 29.2 Å². The van der Waals surface area contributed by atoms with Gasteiger partial charge in [0.15, 0.2) is 0 Å². The standard InChI is InChI=1S/C19H32O5S2.Na.H/c1-3-4-5-6-7-8-9-10-11-12-17-25(20,21)24-26(22,23)19-15-13-18(2)14-16-19;;/h13-16H,3-12,17H2,1-2H3;;. The van der Waals surface area contributed by atoms with Crippen molar-refractivity contribution in [2.75, 3.05) is 5.75 Å². The van der Waals surface area contributed by atoms with E-state index in [1.807, 2.05) is 6.92 Å². The Morgan fingerprint density at radius 3 is 1.67 bits per heavy atom. The fourth-order valence-corrected chi connectivity index (χ4v) is 5.39. The first kappa shape index (κ1) is 27.1. The van der Waals surface area contributed by atoms with Crippen LogP contribution in [-0.2, 0) is 23.9 Å². The van der Waals surface area contributed by atoms with Gasteiger partial charge in [-0.05, 0) is 25.5 Å². The van der Waals surface area contributed by atoms with Gasteiger partial charge in [0.2, 0.25) is 0 Å². The zero-order chi connectivity index (χ0) is 19.5. The minimum absolute atomic E-state index is 0. The van der Waals surface area contributed by atoms with Gasteiger partial charge < -0.3 is 0 Å². The number of unbranched alkanes of at least 4 members (excludes halogenated alkanes) is 9. The van der Waals surface area contributed by atoms with Gasteiger partial charge >= 0.3 is 39.7 Å². The third-order valence-electron chi connectivity index (χ3n) is 4.25. The van der Waals surface area contributed by atoms with E-state index < -0.39 is 20.2 Å². The van der Waals surface area contributed by atoms with Gasteiger partial charge in [-0.25, -0.2) is 0 Å². The molecule has 5 nitrogen and oxygen atoms in total. The van der Waals surface area contributed by atoms with Gasteiger partial charge in [-0.3, -0.25) is 0 Å². The van der Waals surface area contributed by atoms with E-state index in [0.717, 1.165) is 24.8 Å². The van der Waals surface area contributed by atoms with Gasteiger partial charge in [-0.1, -0.05) is 82.4 Å². The van der Waals surface area contributed by atoms with Crippen molar-refractivity contribution < 1.29 is 20.5 Å². The average molecular weight is 429 g/mol. The first-order chi connectivity index (χ1) is 12.3. The third-order valence-corrected chi connectivity index (χ3v) is 7.43. The topological polar surface area (TPSA) is 77.5 Å². The van der Waals surface area contributed by atoms with E-state index in [1.165, 1.54) is 50.7 Å². The van der Waals surface area contributed by atoms with Gasteiger partial charge in [0.1, 0.15) is 0 Å². The molecule has 0 unspecified atom stereocenters. The summed E-state index contributed by atoms with van der Waals surface area (Å²) in [5, 5.41) is 0. The monoisotopic (exact) mass is 428 g/mol. The number of hydrogen-bond donors (Lipinski definition) is 0. The summed E-state index contributed by atoms with van der Waals surface area (Å²) in [5.74, 6) is -0.269. The fraction of sp³-hybridized carbons (Fsp3) is 0.684. The summed E-state index contributed by atoms with van der Waals surface area (Å²) < 4.78 is 52.4. The van der Waals surface area contributed by atoms with Crippen LogP contribution >= 0.6 is 0 Å². The summed E-state index contributed by atoms with van der Waals surface area (Å²) in [6, 6.07) is 5.90. The van der Waals surface area contributed by atoms with Crippen LogP contribution in [-0.4, -0.2) is 52.1 Å². The Labute approximate surface area is 187 Å². The SMILES string of the molecule is CCCCCCCCCCCCS(=O)(=O)OS(=O)(=O)c1ccc(C)cc1.[NaH]. The molecule has 0 spiro atoms. The molecule has 0 aliphatic rings. The molecule has 0 bridgehead atoms. The van der Waals surface area contributed by atoms with Crippen LogP contribution in [0.1, 0.15) is 76.7 Å². The van der Waals surface area contributed by atoms with E-state index in [0.29, 0.717) is 6.42 Å². The van der Waals surface area contributed by atoms with E-state index in [4.69, 9.17) is 0 Å². The van der Waals surface area contributed by atoms with E-state index >= 15 is 0 Å². The summed E-state index contributed by atoms with van der Waals surface area (Å²) in [4.78, 5) is -0.144. The predicted molar refractivity (Wildman–Crippen MR) is 112 cm³/mol. The van der Waals surface area contributed by atoms with Crippen molar-refractivity contribution in [3.05, 3.63) is 29.8 Å². The van der Waals surface area contributed by atoms with Crippen LogP contribution < -0.4 is 0 Å². The van der Waals surface area contributed by atoms with Crippen LogP contribution in [0.5, 0.6) is 0 Å². The molecule has 0 N–H and O–H groups in total. The molecule has 1 aromatic rings. The summed E-state index contributed by atoms with van der Waals surface area (Å²) in [6.45, 7) is 4.02. The van der Waals surface area contributed by atoms with Gasteiger partial charge in [-0.2, -0.15) is 16.8 Å². The molecule has 0 aliphatic heterocycles. The second kappa shape index (κ2) is 14.1. The summed E-state index contributed by atoms with van der Waals surface area (Å²) in [7, 11) is -8.38. The zero-order valence-electron chi connectivity index (χ0n) is 15.9. The van der Waals surface area contributed by atoms with Gasteiger partial charge in [0.05, 0.1) is 10.6 Å². The van der Waals surface area contributed by atoms with E-state index in [9.17, 15) is 16.8 Å². The Morgan fingerprint density at radius 1 is 0.741 bits per heavy atom. The molecular formula is C19H33NaO5S2. The predicted octanol–water partition coefficient (Wildman–Crippen LogP) is 4.30. The molecule has 1 rings (SSSR count). The van der Waals surface area contributed by atoms with Crippen molar-refractivity contribution in [3.8, 4) is 0 Å². The zero-order valence-corrected chi connectivity index (χ0v) is 17.6. The molecule has 0 saturated heterocycles. The van der Waals surface area contributed by atoms with E-state index in [1.54, 1.807) is 12.1 Å². The molecule has 0 heterocycles. The van der Waals surface area contributed by atoms with Crippen molar-refractivity contribution >= 4 is 49.8 Å². The Bertz CT molecular complexity index is 713. The summed E-state index contributed by atoms with van der Waals surface area (Å²) in [5.41, 5.74) is 0.886. The molecule has 0 fully saturated rings. The van der Waals surface area contributed by atoms with Crippen molar-refractivity contribution in [2.45, 2.75) is 83.0 Å². The Morgan fingerprint density at radius 2 is 1.19 bits per heavy atom. The quantitative estimate of drug-likeness (QED) is 0.326. The summed E-state index contributed by atoms with van der Waals surface area (Å²) in [6.07, 6.45) is 10.8. The van der Waals surface area contributed by atoms with Crippen LogP contribution in [0, 0.1) is 6.92 Å². The molecule has 1 aromatic carbocycles. The van der Waals surface area contributed by atoms with Crippen LogP contribution in [0.2, 0.25) is 0 Å². The molecule has 152 valence electrons. The molecule has 27 heavy (non-hydrogen) atoms. The van der Waals surface area contributed by atoms with Crippen molar-refractivity contribution in [1.29, 1.82) is 0 Å². The van der Waals surface area contributed by atoms with Gasteiger partial charge in [0.25, 0.3) is 10.1 Å². The van der Waals surface area contributed by atoms with Crippen LogP contribution in [0.25, 0.3) is 0 Å². The maximum atomic E-state index is 12.0. The maximum absolute atomic E-state index is 12.0. The Kier molecular flexibility index (Phi) is 14.2. The molecule has 0 aromatic heterocycles. The molecule has 0 atom stereocenters. The van der Waals surface area contributed by atoms with Crippen LogP contribution in [0.4, 0.5) is 0 Å². The fourth-order valence-electron chi connectivity index (χ4n) is 2.68. The second-order valence-corrected chi connectivity index (χ2v) is 10.2. The minimum atomic E-state index is -4.29. The van der Waals surface area contributed by atoms with Gasteiger partial charge in [0, 0.05) is 0 Å². The molecule has 0 saturated carbocycles. The molecule has 0 amide bonds. The van der Waals surface area contributed by atoms with E-state index in [2.05, 4.69) is 10.6 Å². The molecule has 0 aliphatic carbocycles. The molecule has 0 radical (unpaired) electrons. The Balaban J connectivity index is 0.00000676. The van der Waals surface area contributed by atoms with Crippen molar-refractivity contribution in [1.82, 2.24) is 0 Å². The van der Waals surface area contributed by atoms with Crippen molar-refractivity contribution in [2.24, 2.45) is 0 Å². The first-order valence-corrected chi connectivity index (χ1v) is 12.5. The number of hydrogen-bond acceptors (Lipinski definition) is 5. The molecule has 8 heteroatoms. The number of aryl methyl sites for hydroxylation is 1. The number of benzene rings is 1. The van der Waals surface area contributed by atoms with Crippen molar-refractivity contribution in [3.63, 3.8) is 0 Å². The molecular weight excluding hydrogens is 395 g/mol. The Hall–Kier alpha value is 0.0800. The number of rotatable bonds is 14. The average Bonchev–Trinajstić information content (AvgIpc) is 2.56.